The molecule has 6 heteroatoms. The molecule has 1 aromatic heterocycles. The molecule has 0 saturated carbocycles. The summed E-state index contributed by atoms with van der Waals surface area (Å²) in [6, 6.07) is 0.608. The predicted molar refractivity (Wildman–Crippen MR) is 90.1 cm³/mol. The zero-order valence-electron chi connectivity index (χ0n) is 14.4. The van der Waals surface area contributed by atoms with Gasteiger partial charge in [-0.3, -0.25) is 4.90 Å². The van der Waals surface area contributed by atoms with E-state index in [2.05, 4.69) is 33.6 Å². The van der Waals surface area contributed by atoms with Crippen molar-refractivity contribution in [2.75, 3.05) is 26.2 Å². The molecule has 2 amide bonds. The van der Waals surface area contributed by atoms with E-state index in [0.29, 0.717) is 18.5 Å². The summed E-state index contributed by atoms with van der Waals surface area (Å²) in [5.41, 5.74) is 0. The van der Waals surface area contributed by atoms with Crippen molar-refractivity contribution in [1.29, 1.82) is 0 Å². The molecule has 0 bridgehead atoms. The van der Waals surface area contributed by atoms with Crippen LogP contribution in [0.2, 0.25) is 0 Å². The van der Waals surface area contributed by atoms with Crippen molar-refractivity contribution in [3.63, 3.8) is 0 Å². The van der Waals surface area contributed by atoms with Crippen LogP contribution in [-0.4, -0.2) is 57.6 Å². The average molecular weight is 319 g/mol. The summed E-state index contributed by atoms with van der Waals surface area (Å²) in [6.45, 7) is 9.95. The van der Waals surface area contributed by atoms with Crippen LogP contribution in [0, 0.1) is 5.92 Å². The summed E-state index contributed by atoms with van der Waals surface area (Å²) in [7, 11) is 0. The number of likely N-dealkylation sites (tertiary alicyclic amines) is 2. The molecule has 2 saturated heterocycles. The highest BCUT2D eigenvalue weighted by Crippen LogP contribution is 2.20. The van der Waals surface area contributed by atoms with Gasteiger partial charge < -0.3 is 14.8 Å². The number of aromatic nitrogens is 2. The lowest BCUT2D eigenvalue weighted by molar-refractivity contribution is 0.198. The van der Waals surface area contributed by atoms with Gasteiger partial charge in [0, 0.05) is 38.1 Å². The molecular formula is C17H29N5O. The third kappa shape index (κ3) is 4.05. The van der Waals surface area contributed by atoms with E-state index in [4.69, 9.17) is 0 Å². The van der Waals surface area contributed by atoms with E-state index in [-0.39, 0.29) is 6.03 Å². The molecule has 0 spiro atoms. The van der Waals surface area contributed by atoms with Crippen LogP contribution >= 0.6 is 0 Å². The van der Waals surface area contributed by atoms with Crippen molar-refractivity contribution in [1.82, 2.24) is 24.7 Å². The van der Waals surface area contributed by atoms with Gasteiger partial charge in [-0.05, 0) is 38.3 Å². The number of urea groups is 1. The van der Waals surface area contributed by atoms with Crippen molar-refractivity contribution < 1.29 is 4.79 Å². The minimum Gasteiger partial charge on any atom is -0.333 e. The maximum atomic E-state index is 12.4. The van der Waals surface area contributed by atoms with Crippen LogP contribution in [0.5, 0.6) is 0 Å². The maximum absolute atomic E-state index is 12.4. The number of hydrogen-bond acceptors (Lipinski definition) is 3. The molecule has 0 radical (unpaired) electrons. The molecule has 2 aliphatic rings. The molecule has 0 aromatic carbocycles. The summed E-state index contributed by atoms with van der Waals surface area (Å²) in [5, 5.41) is 3.04. The van der Waals surface area contributed by atoms with E-state index in [0.717, 1.165) is 31.9 Å². The molecule has 2 fully saturated rings. The fourth-order valence-electron chi connectivity index (χ4n) is 3.66. The van der Waals surface area contributed by atoms with E-state index in [1.807, 2.05) is 17.3 Å². The Hall–Kier alpha value is -1.56. The summed E-state index contributed by atoms with van der Waals surface area (Å²) in [4.78, 5) is 21.3. The van der Waals surface area contributed by atoms with Gasteiger partial charge in [0.2, 0.25) is 0 Å². The second-order valence-electron chi connectivity index (χ2n) is 7.18. The molecule has 6 nitrogen and oxygen atoms in total. The molecule has 23 heavy (non-hydrogen) atoms. The first-order valence-electron chi connectivity index (χ1n) is 8.90. The SMILES string of the molecule is CC(C)Cn1ccnc1CNC(=O)N1CCC(N2CCCC2)C1. The van der Waals surface area contributed by atoms with Gasteiger partial charge in [0.1, 0.15) is 5.82 Å². The summed E-state index contributed by atoms with van der Waals surface area (Å²) in [6.07, 6.45) is 7.52. The van der Waals surface area contributed by atoms with Crippen LogP contribution in [0.25, 0.3) is 0 Å². The number of rotatable bonds is 5. The third-order valence-electron chi connectivity index (χ3n) is 4.87. The summed E-state index contributed by atoms with van der Waals surface area (Å²) >= 11 is 0. The lowest BCUT2D eigenvalue weighted by atomic mass is 10.2. The van der Waals surface area contributed by atoms with Crippen LogP contribution in [-0.2, 0) is 13.1 Å². The van der Waals surface area contributed by atoms with Crippen LogP contribution < -0.4 is 5.32 Å². The quantitative estimate of drug-likeness (QED) is 0.902. The normalized spacial score (nSPS) is 22.2. The number of carbonyl (C=O) groups is 1. The zero-order valence-corrected chi connectivity index (χ0v) is 14.4. The van der Waals surface area contributed by atoms with Crippen molar-refractivity contribution in [3.05, 3.63) is 18.2 Å². The van der Waals surface area contributed by atoms with Crippen molar-refractivity contribution in [2.45, 2.75) is 52.2 Å². The van der Waals surface area contributed by atoms with Crippen molar-refractivity contribution >= 4 is 6.03 Å². The Bertz CT molecular complexity index is 521. The number of imidazole rings is 1. The first kappa shape index (κ1) is 16.3. The third-order valence-corrected chi connectivity index (χ3v) is 4.87. The first-order valence-corrected chi connectivity index (χ1v) is 8.90. The molecule has 3 rings (SSSR count). The van der Waals surface area contributed by atoms with E-state index in [9.17, 15) is 4.79 Å². The molecule has 2 aliphatic heterocycles. The topological polar surface area (TPSA) is 53.4 Å². The monoisotopic (exact) mass is 319 g/mol. The number of nitrogens with one attached hydrogen (secondary N) is 1. The molecule has 1 N–H and O–H groups in total. The Morgan fingerprint density at radius 2 is 2.13 bits per heavy atom. The van der Waals surface area contributed by atoms with Crippen LogP contribution in [0.4, 0.5) is 4.79 Å². The Morgan fingerprint density at radius 3 is 2.87 bits per heavy atom. The summed E-state index contributed by atoms with van der Waals surface area (Å²) < 4.78 is 2.13. The molecule has 1 unspecified atom stereocenters. The van der Waals surface area contributed by atoms with E-state index in [1.165, 1.54) is 25.9 Å². The highest BCUT2D eigenvalue weighted by molar-refractivity contribution is 5.74. The fraction of sp³-hybridized carbons (Fsp3) is 0.765. The van der Waals surface area contributed by atoms with E-state index in [1.54, 1.807) is 0 Å². The molecular weight excluding hydrogens is 290 g/mol. The summed E-state index contributed by atoms with van der Waals surface area (Å²) in [5.74, 6) is 1.50. The van der Waals surface area contributed by atoms with E-state index >= 15 is 0 Å². The average Bonchev–Trinajstić information content (AvgIpc) is 3.25. The van der Waals surface area contributed by atoms with Crippen molar-refractivity contribution in [2.24, 2.45) is 5.92 Å². The minimum absolute atomic E-state index is 0.0470. The van der Waals surface area contributed by atoms with Crippen molar-refractivity contribution in [3.8, 4) is 0 Å². The zero-order chi connectivity index (χ0) is 16.2. The number of hydrogen-bond donors (Lipinski definition) is 1. The molecule has 1 aromatic rings. The maximum Gasteiger partial charge on any atom is 0.317 e. The Morgan fingerprint density at radius 1 is 1.35 bits per heavy atom. The van der Waals surface area contributed by atoms with E-state index < -0.39 is 0 Å². The largest absolute Gasteiger partial charge is 0.333 e. The number of amides is 2. The van der Waals surface area contributed by atoms with Gasteiger partial charge in [-0.1, -0.05) is 13.8 Å². The molecule has 0 aliphatic carbocycles. The standard InChI is InChI=1S/C17H29N5O/c1-14(2)12-21-10-6-18-16(21)11-19-17(23)22-9-5-15(13-22)20-7-3-4-8-20/h6,10,14-15H,3-5,7-9,11-13H2,1-2H3,(H,19,23). The van der Waals surface area contributed by atoms with Gasteiger partial charge in [0.05, 0.1) is 6.54 Å². The highest BCUT2D eigenvalue weighted by Gasteiger charge is 2.31. The van der Waals surface area contributed by atoms with Crippen LogP contribution in [0.3, 0.4) is 0 Å². The van der Waals surface area contributed by atoms with Gasteiger partial charge >= 0.3 is 6.03 Å². The van der Waals surface area contributed by atoms with Crippen LogP contribution in [0.15, 0.2) is 12.4 Å². The Kier molecular flexibility index (Phi) is 5.20. The highest BCUT2D eigenvalue weighted by atomic mass is 16.2. The Labute approximate surface area is 138 Å². The molecule has 3 heterocycles. The second-order valence-corrected chi connectivity index (χ2v) is 7.18. The number of carbonyl (C=O) groups excluding carboxylic acids is 1. The second kappa shape index (κ2) is 7.34. The smallest absolute Gasteiger partial charge is 0.317 e. The lowest BCUT2D eigenvalue weighted by Gasteiger charge is -2.23. The molecule has 128 valence electrons. The predicted octanol–water partition coefficient (Wildman–Crippen LogP) is 1.92. The minimum atomic E-state index is 0.0470. The van der Waals surface area contributed by atoms with Gasteiger partial charge in [-0.2, -0.15) is 0 Å². The van der Waals surface area contributed by atoms with Gasteiger partial charge in [0.25, 0.3) is 0 Å². The van der Waals surface area contributed by atoms with Gasteiger partial charge in [-0.25, -0.2) is 9.78 Å². The van der Waals surface area contributed by atoms with Gasteiger partial charge in [-0.15, -0.1) is 0 Å². The Balaban J connectivity index is 1.47. The fourth-order valence-corrected chi connectivity index (χ4v) is 3.66. The number of nitrogens with zero attached hydrogens (tertiary/aromatic N) is 4. The first-order chi connectivity index (χ1) is 11.1. The van der Waals surface area contributed by atoms with Crippen LogP contribution in [0.1, 0.15) is 38.9 Å². The molecule has 1 atom stereocenters. The van der Waals surface area contributed by atoms with Gasteiger partial charge in [0.15, 0.2) is 0 Å². The lowest BCUT2D eigenvalue weighted by Crippen LogP contribution is -2.41.